The van der Waals surface area contributed by atoms with Crippen molar-refractivity contribution in [2.24, 2.45) is 0 Å². The number of ether oxygens (including phenoxy) is 1. The minimum Gasteiger partial charge on any atom is -0.463 e. The summed E-state index contributed by atoms with van der Waals surface area (Å²) in [7, 11) is 0. The van der Waals surface area contributed by atoms with Crippen LogP contribution in [0.5, 0.6) is 0 Å². The van der Waals surface area contributed by atoms with Gasteiger partial charge in [0.05, 0.1) is 6.61 Å². The van der Waals surface area contributed by atoms with Gasteiger partial charge in [-0.15, -0.1) is 0 Å². The fourth-order valence-corrected chi connectivity index (χ4v) is 6.09. The highest BCUT2D eigenvalue weighted by molar-refractivity contribution is 5.81. The van der Waals surface area contributed by atoms with E-state index < -0.39 is 0 Å². The number of esters is 1. The van der Waals surface area contributed by atoms with Gasteiger partial charge in [0.2, 0.25) is 0 Å². The second kappa shape index (κ2) is 40.0. The van der Waals surface area contributed by atoms with E-state index in [0.29, 0.717) is 6.61 Å². The van der Waals surface area contributed by atoms with Crippen LogP contribution in [0.25, 0.3) is 0 Å². The van der Waals surface area contributed by atoms with E-state index >= 15 is 0 Å². The number of hydrogen-bond acceptors (Lipinski definition) is 2. The van der Waals surface area contributed by atoms with Crippen LogP contribution in [0.2, 0.25) is 0 Å². The van der Waals surface area contributed by atoms with Gasteiger partial charge in [-0.05, 0) is 44.9 Å². The van der Waals surface area contributed by atoms with Gasteiger partial charge in [0.25, 0.3) is 0 Å². The Morgan fingerprint density at radius 1 is 0.364 bits per heavy atom. The van der Waals surface area contributed by atoms with Gasteiger partial charge in [0.15, 0.2) is 0 Å². The molecule has 0 rings (SSSR count). The van der Waals surface area contributed by atoms with Crippen molar-refractivity contribution in [3.63, 3.8) is 0 Å². The van der Waals surface area contributed by atoms with Crippen molar-refractivity contribution < 1.29 is 9.53 Å². The van der Waals surface area contributed by atoms with Gasteiger partial charge in [-0.3, -0.25) is 0 Å². The Labute approximate surface area is 278 Å². The largest absolute Gasteiger partial charge is 0.463 e. The average Bonchev–Trinajstić information content (AvgIpc) is 3.03. The van der Waals surface area contributed by atoms with Gasteiger partial charge in [-0.2, -0.15) is 0 Å². The van der Waals surface area contributed by atoms with Crippen LogP contribution >= 0.6 is 0 Å². The quantitative estimate of drug-likeness (QED) is 0.0300. The minimum absolute atomic E-state index is 0.167. The minimum atomic E-state index is -0.167. The van der Waals surface area contributed by atoms with Gasteiger partial charge in [-0.25, -0.2) is 4.79 Å². The summed E-state index contributed by atoms with van der Waals surface area (Å²) >= 11 is 0. The maximum Gasteiger partial charge on any atom is 0.330 e. The number of carbonyl (C=O) groups excluding carboxylic acids is 1. The summed E-state index contributed by atoms with van der Waals surface area (Å²) in [4.78, 5) is 11.9. The Balaban J connectivity index is 3.26. The highest BCUT2D eigenvalue weighted by Gasteiger charge is 1.98. The van der Waals surface area contributed by atoms with E-state index in [2.05, 4.69) is 26.0 Å². The van der Waals surface area contributed by atoms with Crippen molar-refractivity contribution >= 4 is 5.97 Å². The van der Waals surface area contributed by atoms with E-state index in [1.54, 1.807) is 6.08 Å². The van der Waals surface area contributed by atoms with Gasteiger partial charge < -0.3 is 4.74 Å². The molecule has 0 bridgehead atoms. The summed E-state index contributed by atoms with van der Waals surface area (Å²) in [6.45, 7) is 5.13. The summed E-state index contributed by atoms with van der Waals surface area (Å²) in [5.74, 6) is -0.167. The number of rotatable bonds is 37. The second-order valence-corrected chi connectivity index (χ2v) is 13.7. The van der Waals surface area contributed by atoms with Crippen LogP contribution in [0.1, 0.15) is 232 Å². The highest BCUT2D eigenvalue weighted by atomic mass is 16.5. The predicted molar refractivity (Wildman–Crippen MR) is 198 cm³/mol. The Hall–Kier alpha value is -1.05. The average molecular weight is 617 g/mol. The fraction of sp³-hybridized carbons (Fsp3) is 0.881. The number of carbonyl (C=O) groups is 1. The molecule has 0 unspecified atom stereocenters. The van der Waals surface area contributed by atoms with Crippen LogP contribution in [0.4, 0.5) is 0 Å². The zero-order valence-electron chi connectivity index (χ0n) is 30.4. The predicted octanol–water partition coefficient (Wildman–Crippen LogP) is 14.9. The van der Waals surface area contributed by atoms with E-state index in [4.69, 9.17) is 4.74 Å². The van der Waals surface area contributed by atoms with Crippen molar-refractivity contribution in [1.82, 2.24) is 0 Å². The summed E-state index contributed by atoms with van der Waals surface area (Å²) < 4.78 is 5.36. The SMILES string of the molecule is CCCCCCCCCCCCCCC=CCCCCOC(=O)C=CCCCCCCCCCCCCCCCCCCC. The first-order valence-corrected chi connectivity index (χ1v) is 20.3. The lowest BCUT2D eigenvalue weighted by molar-refractivity contribution is -0.137. The molecule has 0 aliphatic heterocycles. The Morgan fingerprint density at radius 2 is 0.636 bits per heavy atom. The lowest BCUT2D eigenvalue weighted by atomic mass is 10.0. The standard InChI is InChI=1S/C42H80O2/c1-3-5-7-9-11-13-15-17-19-21-23-24-26-28-30-32-34-36-38-40-42(43)44-41-39-37-35-33-31-29-27-25-22-20-18-16-14-12-10-8-6-4-2/h31,33,38,40H,3-30,32,34-37,39,41H2,1-2H3. The maximum atomic E-state index is 11.9. The number of unbranched alkanes of at least 4 members (excludes halogenated alkanes) is 31. The summed E-state index contributed by atoms with van der Waals surface area (Å²) in [6, 6.07) is 0. The maximum absolute atomic E-state index is 11.9. The highest BCUT2D eigenvalue weighted by Crippen LogP contribution is 2.15. The third-order valence-electron chi connectivity index (χ3n) is 9.13. The van der Waals surface area contributed by atoms with Crippen LogP contribution in [0.15, 0.2) is 24.3 Å². The topological polar surface area (TPSA) is 26.3 Å². The molecular formula is C42H80O2. The second-order valence-electron chi connectivity index (χ2n) is 13.7. The van der Waals surface area contributed by atoms with E-state index in [0.717, 1.165) is 25.7 Å². The Morgan fingerprint density at radius 3 is 0.977 bits per heavy atom. The normalized spacial score (nSPS) is 11.8. The molecule has 260 valence electrons. The molecule has 44 heavy (non-hydrogen) atoms. The van der Waals surface area contributed by atoms with E-state index in [1.807, 2.05) is 6.08 Å². The molecule has 0 aromatic carbocycles. The van der Waals surface area contributed by atoms with Gasteiger partial charge in [-0.1, -0.05) is 205 Å². The van der Waals surface area contributed by atoms with Crippen molar-refractivity contribution in [2.45, 2.75) is 232 Å². The van der Waals surface area contributed by atoms with Crippen LogP contribution < -0.4 is 0 Å². The number of hydrogen-bond donors (Lipinski definition) is 0. The zero-order chi connectivity index (χ0) is 31.9. The third kappa shape index (κ3) is 39.0. The molecule has 2 heteroatoms. The summed E-state index contributed by atoms with van der Waals surface area (Å²) in [5.41, 5.74) is 0. The Bertz CT molecular complexity index is 593. The third-order valence-corrected chi connectivity index (χ3v) is 9.13. The molecule has 0 aliphatic carbocycles. The van der Waals surface area contributed by atoms with Gasteiger partial charge in [0, 0.05) is 6.08 Å². The van der Waals surface area contributed by atoms with E-state index in [9.17, 15) is 4.79 Å². The van der Waals surface area contributed by atoms with Crippen molar-refractivity contribution in [1.29, 1.82) is 0 Å². The first kappa shape index (κ1) is 43.0. The molecule has 0 aromatic rings. The molecule has 2 nitrogen and oxygen atoms in total. The Kier molecular flexibility index (Phi) is 39.0. The lowest BCUT2D eigenvalue weighted by Crippen LogP contribution is -2.02. The molecule has 0 aromatic heterocycles. The number of allylic oxidation sites excluding steroid dienone is 3. The van der Waals surface area contributed by atoms with Crippen molar-refractivity contribution in [2.75, 3.05) is 6.61 Å². The molecule has 0 heterocycles. The molecular weight excluding hydrogens is 536 g/mol. The van der Waals surface area contributed by atoms with Gasteiger partial charge >= 0.3 is 5.97 Å². The molecule has 0 fully saturated rings. The van der Waals surface area contributed by atoms with Crippen LogP contribution in [0.3, 0.4) is 0 Å². The molecule has 0 atom stereocenters. The van der Waals surface area contributed by atoms with Crippen molar-refractivity contribution in [3.05, 3.63) is 24.3 Å². The first-order chi connectivity index (χ1) is 21.8. The molecule has 0 saturated heterocycles. The van der Waals surface area contributed by atoms with E-state index in [-0.39, 0.29) is 5.97 Å². The summed E-state index contributed by atoms with van der Waals surface area (Å²) in [5, 5.41) is 0. The molecule has 0 saturated carbocycles. The zero-order valence-corrected chi connectivity index (χ0v) is 30.4. The van der Waals surface area contributed by atoms with Crippen molar-refractivity contribution in [3.8, 4) is 0 Å². The van der Waals surface area contributed by atoms with Crippen LogP contribution in [-0.2, 0) is 9.53 Å². The fourth-order valence-electron chi connectivity index (χ4n) is 6.09. The van der Waals surface area contributed by atoms with Gasteiger partial charge in [0.1, 0.15) is 0 Å². The molecule has 0 aliphatic rings. The molecule has 0 radical (unpaired) electrons. The van der Waals surface area contributed by atoms with Crippen LogP contribution in [-0.4, -0.2) is 12.6 Å². The smallest absolute Gasteiger partial charge is 0.330 e. The monoisotopic (exact) mass is 617 g/mol. The van der Waals surface area contributed by atoms with Crippen LogP contribution in [0, 0.1) is 0 Å². The first-order valence-electron chi connectivity index (χ1n) is 20.3. The molecule has 0 spiro atoms. The molecule has 0 N–H and O–H groups in total. The molecule has 0 amide bonds. The lowest BCUT2D eigenvalue weighted by Gasteiger charge is -2.03. The summed E-state index contributed by atoms with van der Waals surface area (Å²) in [6.07, 6.45) is 54.5. The van der Waals surface area contributed by atoms with E-state index in [1.165, 1.54) is 193 Å².